The molecule has 0 aliphatic heterocycles. The lowest BCUT2D eigenvalue weighted by atomic mass is 10.1. The standard InChI is InChI=1S/C17H22N2O4S/c1-6-23-17(20)14-9-15(12(4)19(14)5)24(21,22)13-7-10(2)16(18)11(3)8-13/h7-9H,6,18H2,1-5H3. The van der Waals surface area contributed by atoms with E-state index in [9.17, 15) is 13.2 Å². The number of nitrogens with two attached hydrogens (primary N) is 1. The minimum absolute atomic E-state index is 0.0941. The van der Waals surface area contributed by atoms with Gasteiger partial charge in [-0.25, -0.2) is 13.2 Å². The average molecular weight is 350 g/mol. The maximum absolute atomic E-state index is 13.0. The van der Waals surface area contributed by atoms with Gasteiger partial charge in [-0.3, -0.25) is 0 Å². The number of nitrogens with zero attached hydrogens (tertiary/aromatic N) is 1. The maximum atomic E-state index is 13.0. The van der Waals surface area contributed by atoms with Gasteiger partial charge in [-0.2, -0.15) is 0 Å². The highest BCUT2D eigenvalue weighted by Gasteiger charge is 2.27. The molecule has 130 valence electrons. The Kier molecular flexibility index (Phi) is 4.75. The van der Waals surface area contributed by atoms with Crippen LogP contribution in [0.2, 0.25) is 0 Å². The zero-order valence-corrected chi connectivity index (χ0v) is 15.3. The summed E-state index contributed by atoms with van der Waals surface area (Å²) in [6.07, 6.45) is 0. The fraction of sp³-hybridized carbons (Fsp3) is 0.353. The van der Waals surface area contributed by atoms with Gasteiger partial charge in [0.2, 0.25) is 9.84 Å². The van der Waals surface area contributed by atoms with E-state index in [0.717, 1.165) is 0 Å². The second-order valence-electron chi connectivity index (χ2n) is 5.73. The zero-order valence-electron chi connectivity index (χ0n) is 14.5. The largest absolute Gasteiger partial charge is 0.461 e. The van der Waals surface area contributed by atoms with Gasteiger partial charge in [0.1, 0.15) is 5.69 Å². The van der Waals surface area contributed by atoms with Crippen LogP contribution in [0.3, 0.4) is 0 Å². The predicted molar refractivity (Wildman–Crippen MR) is 91.9 cm³/mol. The van der Waals surface area contributed by atoms with Gasteiger partial charge >= 0.3 is 5.97 Å². The molecule has 0 spiro atoms. The Morgan fingerprint density at radius 1 is 1.17 bits per heavy atom. The van der Waals surface area contributed by atoms with E-state index < -0.39 is 15.8 Å². The fourth-order valence-electron chi connectivity index (χ4n) is 2.56. The molecule has 0 bridgehead atoms. The molecule has 0 saturated heterocycles. The van der Waals surface area contributed by atoms with Crippen molar-refractivity contribution < 1.29 is 17.9 Å². The van der Waals surface area contributed by atoms with Gasteiger partial charge in [0.15, 0.2) is 0 Å². The molecule has 24 heavy (non-hydrogen) atoms. The summed E-state index contributed by atoms with van der Waals surface area (Å²) in [5.41, 5.74) is 8.56. The van der Waals surface area contributed by atoms with Crippen LogP contribution in [0.25, 0.3) is 0 Å². The molecule has 1 heterocycles. The van der Waals surface area contributed by atoms with Gasteiger partial charge in [0.25, 0.3) is 0 Å². The topological polar surface area (TPSA) is 91.4 Å². The molecule has 0 fully saturated rings. The van der Waals surface area contributed by atoms with Crippen LogP contribution < -0.4 is 5.73 Å². The number of rotatable bonds is 4. The first-order valence-electron chi connectivity index (χ1n) is 7.56. The van der Waals surface area contributed by atoms with E-state index in [1.165, 1.54) is 10.6 Å². The number of hydrogen-bond donors (Lipinski definition) is 1. The Hall–Kier alpha value is -2.28. The molecule has 0 atom stereocenters. The number of benzene rings is 1. The first-order valence-corrected chi connectivity index (χ1v) is 9.04. The summed E-state index contributed by atoms with van der Waals surface area (Å²) < 4.78 is 32.5. The monoisotopic (exact) mass is 350 g/mol. The Balaban J connectivity index is 2.63. The van der Waals surface area contributed by atoms with Crippen LogP contribution in [0.15, 0.2) is 28.0 Å². The lowest BCUT2D eigenvalue weighted by Crippen LogP contribution is -2.10. The van der Waals surface area contributed by atoms with Crippen molar-refractivity contribution in [3.8, 4) is 0 Å². The molecular formula is C17H22N2O4S. The number of hydrogen-bond acceptors (Lipinski definition) is 5. The van der Waals surface area contributed by atoms with Gasteiger partial charge in [-0.15, -0.1) is 0 Å². The van der Waals surface area contributed by atoms with Crippen molar-refractivity contribution in [3.63, 3.8) is 0 Å². The quantitative estimate of drug-likeness (QED) is 0.676. The van der Waals surface area contributed by atoms with Crippen LogP contribution in [0.1, 0.15) is 34.2 Å². The molecule has 0 aliphatic rings. The van der Waals surface area contributed by atoms with E-state index in [-0.39, 0.29) is 22.1 Å². The number of nitrogen functional groups attached to an aromatic ring is 1. The third-order valence-electron chi connectivity index (χ3n) is 4.14. The fourth-order valence-corrected chi connectivity index (χ4v) is 4.27. The first kappa shape index (κ1) is 18.1. The molecule has 1 aromatic heterocycles. The second kappa shape index (κ2) is 6.32. The Bertz CT molecular complexity index is 888. The van der Waals surface area contributed by atoms with Crippen LogP contribution >= 0.6 is 0 Å². The smallest absolute Gasteiger partial charge is 0.354 e. The van der Waals surface area contributed by atoms with Crippen molar-refractivity contribution in [2.45, 2.75) is 37.5 Å². The third-order valence-corrected chi connectivity index (χ3v) is 5.99. The molecular weight excluding hydrogens is 328 g/mol. The summed E-state index contributed by atoms with van der Waals surface area (Å²) in [4.78, 5) is 12.2. The number of ether oxygens (including phenoxy) is 1. The van der Waals surface area contributed by atoms with Gasteiger partial charge in [0.05, 0.1) is 16.4 Å². The van der Waals surface area contributed by atoms with Gasteiger partial charge in [-0.05, 0) is 57.0 Å². The first-order chi connectivity index (χ1) is 11.1. The molecule has 7 heteroatoms. The number of aromatic nitrogens is 1. The number of sulfone groups is 1. The lowest BCUT2D eigenvalue weighted by Gasteiger charge is -2.10. The average Bonchev–Trinajstić information content (AvgIpc) is 2.81. The molecule has 0 amide bonds. The molecule has 0 radical (unpaired) electrons. The number of esters is 1. The van der Waals surface area contributed by atoms with Crippen molar-refractivity contribution >= 4 is 21.5 Å². The second-order valence-corrected chi connectivity index (χ2v) is 7.65. The maximum Gasteiger partial charge on any atom is 0.354 e. The molecule has 2 aromatic rings. The van der Waals surface area contributed by atoms with Crippen molar-refractivity contribution in [2.75, 3.05) is 12.3 Å². The van der Waals surface area contributed by atoms with Crippen molar-refractivity contribution in [2.24, 2.45) is 7.05 Å². The van der Waals surface area contributed by atoms with Gasteiger partial charge < -0.3 is 15.0 Å². The van der Waals surface area contributed by atoms with Crippen LogP contribution in [0.4, 0.5) is 5.69 Å². The Labute approximate surface area is 142 Å². The summed E-state index contributed by atoms with van der Waals surface area (Å²) in [5.74, 6) is -0.547. The minimum atomic E-state index is -3.77. The van der Waals surface area contributed by atoms with E-state index in [0.29, 0.717) is 22.5 Å². The highest BCUT2D eigenvalue weighted by atomic mass is 32.2. The Morgan fingerprint density at radius 3 is 2.21 bits per heavy atom. The van der Waals surface area contributed by atoms with Crippen molar-refractivity contribution in [1.29, 1.82) is 0 Å². The number of carbonyl (C=O) groups excluding carboxylic acids is 1. The molecule has 0 unspecified atom stereocenters. The molecule has 0 aliphatic carbocycles. The van der Waals surface area contributed by atoms with Crippen LogP contribution in [-0.4, -0.2) is 25.6 Å². The van der Waals surface area contributed by atoms with Crippen molar-refractivity contribution in [3.05, 3.63) is 40.7 Å². The summed E-state index contributed by atoms with van der Waals surface area (Å²) >= 11 is 0. The minimum Gasteiger partial charge on any atom is -0.461 e. The molecule has 1 aromatic carbocycles. The molecule has 0 saturated carbocycles. The number of carbonyl (C=O) groups is 1. The Morgan fingerprint density at radius 2 is 1.71 bits per heavy atom. The van der Waals surface area contributed by atoms with E-state index in [1.807, 2.05) is 0 Å². The van der Waals surface area contributed by atoms with E-state index in [4.69, 9.17) is 10.5 Å². The number of aryl methyl sites for hydroxylation is 2. The summed E-state index contributed by atoms with van der Waals surface area (Å²) in [5, 5.41) is 0. The summed E-state index contributed by atoms with van der Waals surface area (Å²) in [6, 6.07) is 4.46. The summed E-state index contributed by atoms with van der Waals surface area (Å²) in [7, 11) is -2.13. The van der Waals surface area contributed by atoms with Gasteiger partial charge in [-0.1, -0.05) is 0 Å². The zero-order chi connectivity index (χ0) is 18.2. The third kappa shape index (κ3) is 2.91. The molecule has 2 N–H and O–H groups in total. The molecule has 2 rings (SSSR count). The number of anilines is 1. The SMILES string of the molecule is CCOC(=O)c1cc(S(=O)(=O)c2cc(C)c(N)c(C)c2)c(C)n1C. The lowest BCUT2D eigenvalue weighted by molar-refractivity contribution is 0.0515. The van der Waals surface area contributed by atoms with E-state index in [2.05, 4.69) is 0 Å². The molecule has 6 nitrogen and oxygen atoms in total. The normalized spacial score (nSPS) is 11.5. The summed E-state index contributed by atoms with van der Waals surface area (Å²) in [6.45, 7) is 7.12. The predicted octanol–water partition coefficient (Wildman–Crippen LogP) is 2.54. The van der Waals surface area contributed by atoms with Crippen LogP contribution in [0.5, 0.6) is 0 Å². The van der Waals surface area contributed by atoms with E-state index in [1.54, 1.807) is 46.9 Å². The highest BCUT2D eigenvalue weighted by Crippen LogP contribution is 2.30. The van der Waals surface area contributed by atoms with E-state index >= 15 is 0 Å². The highest BCUT2D eigenvalue weighted by molar-refractivity contribution is 7.91. The van der Waals surface area contributed by atoms with Gasteiger partial charge in [0, 0.05) is 18.4 Å². The van der Waals surface area contributed by atoms with Crippen LogP contribution in [-0.2, 0) is 21.6 Å². The van der Waals surface area contributed by atoms with Crippen LogP contribution in [0, 0.1) is 20.8 Å². The van der Waals surface area contributed by atoms with Crippen molar-refractivity contribution in [1.82, 2.24) is 4.57 Å².